The zero-order valence-corrected chi connectivity index (χ0v) is 30.7. The molecule has 0 atom stereocenters. The van der Waals surface area contributed by atoms with E-state index in [4.69, 9.17) is 18.6 Å². The number of rotatable bonds is 5. The molecule has 3 amide bonds. The Kier molecular flexibility index (Phi) is 9.94. The minimum Gasteiger partial charge on any atom is -0.458 e. The zero-order valence-electron chi connectivity index (χ0n) is 29.8. The van der Waals surface area contributed by atoms with Gasteiger partial charge in [0.2, 0.25) is 0 Å². The highest BCUT2D eigenvalue weighted by Crippen LogP contribution is 2.36. The van der Waals surface area contributed by atoms with E-state index < -0.39 is 56.7 Å². The number of aromatic nitrogens is 3. The highest BCUT2D eigenvalue weighted by atomic mass is 32.2. The number of furan rings is 1. The molecular weight excluding hydrogens is 670 g/mol. The van der Waals surface area contributed by atoms with Crippen LogP contribution in [0.5, 0.6) is 0 Å². The summed E-state index contributed by atoms with van der Waals surface area (Å²) < 4.78 is 51.7. The molecule has 268 valence electrons. The first-order valence-electron chi connectivity index (χ1n) is 15.5. The van der Waals surface area contributed by atoms with E-state index in [1.54, 1.807) is 81.4 Å². The van der Waals surface area contributed by atoms with Crippen molar-refractivity contribution >= 4 is 50.9 Å². The predicted molar refractivity (Wildman–Crippen MR) is 182 cm³/mol. The van der Waals surface area contributed by atoms with Gasteiger partial charge in [0.05, 0.1) is 10.3 Å². The summed E-state index contributed by atoms with van der Waals surface area (Å²) >= 11 is 0. The van der Waals surface area contributed by atoms with Gasteiger partial charge in [0, 0.05) is 6.92 Å². The van der Waals surface area contributed by atoms with E-state index in [-0.39, 0.29) is 38.2 Å². The molecule has 0 N–H and O–H groups in total. The second-order valence-corrected chi connectivity index (χ2v) is 16.0. The molecular formula is C34H41N5O10S. The fraction of sp³-hybridized carbons (Fsp3) is 0.412. The van der Waals surface area contributed by atoms with Crippen LogP contribution in [-0.2, 0) is 24.2 Å². The molecule has 0 aliphatic rings. The number of ether oxygens (including phenoxy) is 3. The number of carbonyl (C=O) groups is 4. The van der Waals surface area contributed by atoms with Crippen LogP contribution in [0.1, 0.15) is 85.5 Å². The van der Waals surface area contributed by atoms with Crippen molar-refractivity contribution in [1.29, 1.82) is 0 Å². The van der Waals surface area contributed by atoms with Gasteiger partial charge in [-0.1, -0.05) is 18.2 Å². The molecule has 0 fully saturated rings. The van der Waals surface area contributed by atoms with Gasteiger partial charge in [-0.25, -0.2) is 36.7 Å². The van der Waals surface area contributed by atoms with Crippen LogP contribution < -0.4 is 5.01 Å². The Labute approximate surface area is 290 Å². The lowest BCUT2D eigenvalue weighted by atomic mass is 10.2. The Morgan fingerprint density at radius 2 is 1.28 bits per heavy atom. The second-order valence-electron chi connectivity index (χ2n) is 14.3. The number of imide groups is 1. The van der Waals surface area contributed by atoms with Crippen LogP contribution in [0, 0.1) is 6.92 Å². The average Bonchev–Trinajstić information content (AvgIpc) is 3.57. The van der Waals surface area contributed by atoms with Crippen molar-refractivity contribution < 1.29 is 46.2 Å². The Morgan fingerprint density at radius 3 is 1.74 bits per heavy atom. The van der Waals surface area contributed by atoms with Gasteiger partial charge in [0.15, 0.2) is 28.8 Å². The van der Waals surface area contributed by atoms with Crippen LogP contribution in [0.15, 0.2) is 57.8 Å². The van der Waals surface area contributed by atoms with E-state index in [0.29, 0.717) is 14.7 Å². The third-order valence-corrected chi connectivity index (χ3v) is 8.02. The summed E-state index contributed by atoms with van der Waals surface area (Å²) in [4.78, 5) is 64.1. The lowest BCUT2D eigenvalue weighted by molar-refractivity contribution is -0.00681. The van der Waals surface area contributed by atoms with E-state index in [2.05, 4.69) is 9.97 Å². The number of hydrogen-bond acceptors (Lipinski definition) is 12. The number of hydrogen-bond donors (Lipinski definition) is 0. The van der Waals surface area contributed by atoms with Crippen molar-refractivity contribution in [3.05, 3.63) is 60.0 Å². The number of amides is 3. The van der Waals surface area contributed by atoms with Gasteiger partial charge in [-0.3, -0.25) is 4.79 Å². The first-order chi connectivity index (χ1) is 22.9. The van der Waals surface area contributed by atoms with E-state index >= 15 is 0 Å². The van der Waals surface area contributed by atoms with Crippen molar-refractivity contribution in [2.75, 3.05) is 5.01 Å². The van der Waals surface area contributed by atoms with Crippen molar-refractivity contribution in [3.8, 4) is 11.6 Å². The van der Waals surface area contributed by atoms with Crippen molar-refractivity contribution in [2.24, 2.45) is 0 Å². The first-order valence-corrected chi connectivity index (χ1v) is 16.9. The van der Waals surface area contributed by atoms with Gasteiger partial charge in [-0.05, 0) is 99.6 Å². The largest absolute Gasteiger partial charge is 0.458 e. The number of Topliss-reactive ketones (excluding diaryl/α,β-unsaturated/α-hetero) is 1. The fourth-order valence-corrected chi connectivity index (χ4v) is 5.99. The molecule has 0 aliphatic carbocycles. The predicted octanol–water partition coefficient (Wildman–Crippen LogP) is 7.27. The molecule has 16 heteroatoms. The number of anilines is 1. The van der Waals surface area contributed by atoms with Crippen LogP contribution in [0.4, 0.5) is 20.2 Å². The lowest BCUT2D eigenvalue weighted by Crippen LogP contribution is -2.57. The summed E-state index contributed by atoms with van der Waals surface area (Å²) in [5.41, 5.74) is -4.29. The SMILES string of the molecule is CC(=O)c1cc2c(N(C(=O)OC(C)(C)C)N(C(=O)OC(C)(C)C)C(=O)OC(C)(C)C)nc(-c3ccc(C)o3)nc2n1S(=O)(=O)c1ccccc1. The van der Waals surface area contributed by atoms with Crippen molar-refractivity contribution in [1.82, 2.24) is 18.9 Å². The summed E-state index contributed by atoms with van der Waals surface area (Å²) in [6.07, 6.45) is -4.02. The van der Waals surface area contributed by atoms with Gasteiger partial charge >= 0.3 is 18.3 Å². The number of ketones is 1. The molecule has 0 saturated heterocycles. The summed E-state index contributed by atoms with van der Waals surface area (Å²) in [7, 11) is -4.54. The molecule has 0 radical (unpaired) electrons. The van der Waals surface area contributed by atoms with E-state index in [0.717, 1.165) is 13.0 Å². The van der Waals surface area contributed by atoms with Crippen LogP contribution in [0.25, 0.3) is 22.6 Å². The second kappa shape index (κ2) is 13.2. The number of aryl methyl sites for hydroxylation is 1. The maximum absolute atomic E-state index is 14.3. The molecule has 3 heterocycles. The molecule has 4 rings (SSSR count). The average molecular weight is 712 g/mol. The minimum atomic E-state index is -4.54. The molecule has 0 unspecified atom stereocenters. The molecule has 0 bridgehead atoms. The summed E-state index contributed by atoms with van der Waals surface area (Å²) in [6.45, 7) is 16.7. The maximum Gasteiger partial charge on any atom is 0.440 e. The molecule has 0 aliphatic heterocycles. The number of hydrazine groups is 1. The molecule has 0 saturated carbocycles. The van der Waals surface area contributed by atoms with Crippen LogP contribution in [-0.4, -0.2) is 68.2 Å². The fourth-order valence-electron chi connectivity index (χ4n) is 4.47. The Hall–Kier alpha value is -5.25. The quantitative estimate of drug-likeness (QED) is 0.115. The molecule has 4 aromatic rings. The first kappa shape index (κ1) is 37.6. The summed E-state index contributed by atoms with van der Waals surface area (Å²) in [6, 6.07) is 11.6. The highest BCUT2D eigenvalue weighted by molar-refractivity contribution is 7.90. The molecule has 15 nitrogen and oxygen atoms in total. The van der Waals surface area contributed by atoms with Crippen LogP contribution in [0.2, 0.25) is 0 Å². The topological polar surface area (TPSA) is 180 Å². The van der Waals surface area contributed by atoms with Gasteiger partial charge < -0.3 is 18.6 Å². The third-order valence-electron chi connectivity index (χ3n) is 6.30. The molecule has 3 aromatic heterocycles. The molecule has 50 heavy (non-hydrogen) atoms. The summed E-state index contributed by atoms with van der Waals surface area (Å²) in [5, 5.41) is 0.504. The Bertz CT molecular complexity index is 2040. The maximum atomic E-state index is 14.3. The monoisotopic (exact) mass is 711 g/mol. The Balaban J connectivity index is 2.21. The number of nitrogens with zero attached hydrogens (tertiary/aromatic N) is 5. The van der Waals surface area contributed by atoms with E-state index in [9.17, 15) is 27.6 Å². The lowest BCUT2D eigenvalue weighted by Gasteiger charge is -2.35. The van der Waals surface area contributed by atoms with E-state index in [1.165, 1.54) is 30.3 Å². The van der Waals surface area contributed by atoms with Crippen molar-refractivity contribution in [3.63, 3.8) is 0 Å². The minimum absolute atomic E-state index is 0.0325. The number of fused-ring (bicyclic) bond motifs is 1. The Morgan fingerprint density at radius 1 is 0.760 bits per heavy atom. The van der Waals surface area contributed by atoms with Gasteiger partial charge in [-0.15, -0.1) is 5.01 Å². The molecule has 1 aromatic carbocycles. The van der Waals surface area contributed by atoms with E-state index in [1.807, 2.05) is 0 Å². The smallest absolute Gasteiger partial charge is 0.440 e. The third kappa shape index (κ3) is 8.30. The van der Waals surface area contributed by atoms with Crippen LogP contribution >= 0.6 is 0 Å². The van der Waals surface area contributed by atoms with Gasteiger partial charge in [-0.2, -0.15) is 5.01 Å². The van der Waals surface area contributed by atoms with Crippen molar-refractivity contribution in [2.45, 2.75) is 97.9 Å². The zero-order chi connectivity index (χ0) is 37.6. The highest BCUT2D eigenvalue weighted by Gasteiger charge is 2.44. The van der Waals surface area contributed by atoms with Gasteiger partial charge in [0.25, 0.3) is 10.0 Å². The normalized spacial score (nSPS) is 12.4. The standard InChI is InChI=1S/C34H41N5O10S/c1-20-17-18-25(46-20)26-35-27(23-19-24(21(2)40)39(28(23)36-26)50(44,45)22-15-13-12-14-16-22)37(29(41)47-32(3,4)5)38(30(42)48-33(6,7)8)31(43)49-34(9,10)11/h12-19H,1-11H3. The number of carbonyl (C=O) groups excluding carboxylic acids is 4. The molecule has 0 spiro atoms. The summed E-state index contributed by atoms with van der Waals surface area (Å²) in [5.74, 6) is -1.02. The number of benzene rings is 1. The van der Waals surface area contributed by atoms with Crippen LogP contribution in [0.3, 0.4) is 0 Å². The van der Waals surface area contributed by atoms with Gasteiger partial charge in [0.1, 0.15) is 28.3 Å².